The first-order valence-electron chi connectivity index (χ1n) is 6.77. The molecule has 0 fully saturated rings. The molecule has 1 N–H and O–H groups in total. The topological polar surface area (TPSA) is 45.5 Å². The zero-order valence-corrected chi connectivity index (χ0v) is 12.4. The second kappa shape index (κ2) is 6.41. The van der Waals surface area contributed by atoms with Gasteiger partial charge in [0.2, 0.25) is 0 Å². The Balaban J connectivity index is 1.84. The van der Waals surface area contributed by atoms with E-state index in [-0.39, 0.29) is 5.75 Å². The number of pyridine rings is 1. The van der Waals surface area contributed by atoms with E-state index in [0.29, 0.717) is 5.02 Å². The Bertz CT molecular complexity index is 796. The van der Waals surface area contributed by atoms with Crippen LogP contribution < -0.4 is 0 Å². The SMILES string of the molecule is Oc1ccc(N=Cc2cccc(-c3ccc(Cl)cc3)n2)cc1. The molecule has 1 aromatic heterocycles. The summed E-state index contributed by atoms with van der Waals surface area (Å²) in [5.74, 6) is 0.224. The van der Waals surface area contributed by atoms with Crippen LogP contribution in [0, 0.1) is 0 Å². The molecular weight excluding hydrogens is 296 g/mol. The van der Waals surface area contributed by atoms with E-state index >= 15 is 0 Å². The van der Waals surface area contributed by atoms with Crippen LogP contribution in [0.1, 0.15) is 5.69 Å². The molecule has 3 aromatic rings. The van der Waals surface area contributed by atoms with Crippen molar-refractivity contribution >= 4 is 23.5 Å². The van der Waals surface area contributed by atoms with Crippen LogP contribution in [0.25, 0.3) is 11.3 Å². The van der Waals surface area contributed by atoms with E-state index in [4.69, 9.17) is 11.6 Å². The highest BCUT2D eigenvalue weighted by Gasteiger charge is 2.00. The van der Waals surface area contributed by atoms with E-state index in [9.17, 15) is 5.11 Å². The van der Waals surface area contributed by atoms with Crippen molar-refractivity contribution in [3.05, 3.63) is 77.4 Å². The zero-order valence-electron chi connectivity index (χ0n) is 11.6. The monoisotopic (exact) mass is 308 g/mol. The number of aromatic hydroxyl groups is 1. The Morgan fingerprint density at radius 3 is 2.36 bits per heavy atom. The Morgan fingerprint density at radius 2 is 1.64 bits per heavy atom. The highest BCUT2D eigenvalue weighted by atomic mass is 35.5. The number of halogens is 1. The van der Waals surface area contributed by atoms with Crippen molar-refractivity contribution in [2.24, 2.45) is 4.99 Å². The zero-order chi connectivity index (χ0) is 15.4. The van der Waals surface area contributed by atoms with Gasteiger partial charge in [0, 0.05) is 10.6 Å². The number of phenolic OH excluding ortho intramolecular Hbond substituents is 1. The summed E-state index contributed by atoms with van der Waals surface area (Å²) in [6.45, 7) is 0. The van der Waals surface area contributed by atoms with Gasteiger partial charge in [-0.05, 0) is 48.5 Å². The Kier molecular flexibility index (Phi) is 4.17. The van der Waals surface area contributed by atoms with E-state index in [1.54, 1.807) is 30.5 Å². The number of benzene rings is 2. The fourth-order valence-electron chi connectivity index (χ4n) is 1.98. The maximum atomic E-state index is 9.25. The van der Waals surface area contributed by atoms with Crippen LogP contribution >= 0.6 is 11.6 Å². The molecule has 0 atom stereocenters. The molecule has 0 saturated carbocycles. The van der Waals surface area contributed by atoms with Crippen LogP contribution in [0.5, 0.6) is 5.75 Å². The molecular formula is C18H13ClN2O. The van der Waals surface area contributed by atoms with Crippen LogP contribution in [0.2, 0.25) is 5.02 Å². The third-order valence-corrected chi connectivity index (χ3v) is 3.36. The van der Waals surface area contributed by atoms with Gasteiger partial charge in [0.1, 0.15) is 5.75 Å². The van der Waals surface area contributed by atoms with Gasteiger partial charge < -0.3 is 5.11 Å². The largest absolute Gasteiger partial charge is 0.508 e. The van der Waals surface area contributed by atoms with Crippen molar-refractivity contribution in [1.82, 2.24) is 4.98 Å². The van der Waals surface area contributed by atoms with Gasteiger partial charge in [-0.2, -0.15) is 0 Å². The van der Waals surface area contributed by atoms with Gasteiger partial charge in [0.05, 0.1) is 23.3 Å². The predicted molar refractivity (Wildman–Crippen MR) is 90.0 cm³/mol. The number of aliphatic imine (C=N–C) groups is 1. The molecule has 0 aliphatic rings. The summed E-state index contributed by atoms with van der Waals surface area (Å²) < 4.78 is 0. The number of rotatable bonds is 3. The molecule has 0 bridgehead atoms. The Morgan fingerprint density at radius 1 is 0.909 bits per heavy atom. The smallest absolute Gasteiger partial charge is 0.115 e. The molecule has 0 amide bonds. The predicted octanol–water partition coefficient (Wildman–Crippen LogP) is 4.86. The van der Waals surface area contributed by atoms with Gasteiger partial charge in [-0.25, -0.2) is 4.98 Å². The average molecular weight is 309 g/mol. The van der Waals surface area contributed by atoms with Crippen LogP contribution in [0.4, 0.5) is 5.69 Å². The Labute approximate surface area is 133 Å². The summed E-state index contributed by atoms with van der Waals surface area (Å²) in [6, 6.07) is 20.0. The molecule has 22 heavy (non-hydrogen) atoms. The summed E-state index contributed by atoms with van der Waals surface area (Å²) in [4.78, 5) is 8.91. The molecule has 0 spiro atoms. The third kappa shape index (κ3) is 3.51. The highest BCUT2D eigenvalue weighted by Crippen LogP contribution is 2.20. The van der Waals surface area contributed by atoms with Gasteiger partial charge in [0.15, 0.2) is 0 Å². The fraction of sp³-hybridized carbons (Fsp3) is 0. The molecule has 0 saturated heterocycles. The number of aromatic nitrogens is 1. The minimum Gasteiger partial charge on any atom is -0.508 e. The highest BCUT2D eigenvalue weighted by molar-refractivity contribution is 6.30. The van der Waals surface area contributed by atoms with Crippen LogP contribution in [-0.2, 0) is 0 Å². The quantitative estimate of drug-likeness (QED) is 0.702. The number of hydrogen-bond acceptors (Lipinski definition) is 3. The van der Waals surface area contributed by atoms with E-state index in [0.717, 1.165) is 22.6 Å². The fourth-order valence-corrected chi connectivity index (χ4v) is 2.11. The summed E-state index contributed by atoms with van der Waals surface area (Å²) in [6.07, 6.45) is 1.70. The van der Waals surface area contributed by atoms with Gasteiger partial charge in [-0.1, -0.05) is 29.8 Å². The minimum atomic E-state index is 0.224. The van der Waals surface area contributed by atoms with Crippen LogP contribution in [-0.4, -0.2) is 16.3 Å². The van der Waals surface area contributed by atoms with Gasteiger partial charge in [-0.3, -0.25) is 4.99 Å². The summed E-state index contributed by atoms with van der Waals surface area (Å²) in [5.41, 5.74) is 3.40. The molecule has 3 nitrogen and oxygen atoms in total. The van der Waals surface area contributed by atoms with Gasteiger partial charge in [-0.15, -0.1) is 0 Å². The summed E-state index contributed by atoms with van der Waals surface area (Å²) >= 11 is 5.90. The maximum absolute atomic E-state index is 9.25. The molecule has 3 rings (SSSR count). The van der Waals surface area contributed by atoms with Crippen molar-refractivity contribution in [3.63, 3.8) is 0 Å². The summed E-state index contributed by atoms with van der Waals surface area (Å²) in [5, 5.41) is 9.95. The second-order valence-corrected chi connectivity index (χ2v) is 5.17. The van der Waals surface area contributed by atoms with E-state index in [1.165, 1.54) is 0 Å². The molecule has 0 aliphatic carbocycles. The molecule has 0 radical (unpaired) electrons. The van der Waals surface area contributed by atoms with E-state index in [1.807, 2.05) is 42.5 Å². The second-order valence-electron chi connectivity index (χ2n) is 4.73. The normalized spacial score (nSPS) is 11.0. The first-order valence-corrected chi connectivity index (χ1v) is 7.14. The molecule has 0 unspecified atom stereocenters. The minimum absolute atomic E-state index is 0.224. The van der Waals surface area contributed by atoms with Crippen molar-refractivity contribution < 1.29 is 5.11 Å². The van der Waals surface area contributed by atoms with Crippen molar-refractivity contribution in [2.45, 2.75) is 0 Å². The van der Waals surface area contributed by atoms with E-state index in [2.05, 4.69) is 9.98 Å². The van der Waals surface area contributed by atoms with Crippen LogP contribution in [0.3, 0.4) is 0 Å². The first kappa shape index (κ1) is 14.3. The van der Waals surface area contributed by atoms with Crippen molar-refractivity contribution in [2.75, 3.05) is 0 Å². The summed E-state index contributed by atoms with van der Waals surface area (Å²) in [7, 11) is 0. The maximum Gasteiger partial charge on any atom is 0.115 e. The van der Waals surface area contributed by atoms with E-state index < -0.39 is 0 Å². The van der Waals surface area contributed by atoms with Crippen molar-refractivity contribution in [3.8, 4) is 17.0 Å². The molecule has 0 aliphatic heterocycles. The lowest BCUT2D eigenvalue weighted by atomic mass is 10.1. The average Bonchev–Trinajstić information content (AvgIpc) is 2.55. The lowest BCUT2D eigenvalue weighted by Gasteiger charge is -2.02. The lowest BCUT2D eigenvalue weighted by molar-refractivity contribution is 0.475. The number of hydrogen-bond donors (Lipinski definition) is 1. The lowest BCUT2D eigenvalue weighted by Crippen LogP contribution is -1.90. The third-order valence-electron chi connectivity index (χ3n) is 3.11. The van der Waals surface area contributed by atoms with Crippen molar-refractivity contribution in [1.29, 1.82) is 0 Å². The molecule has 108 valence electrons. The van der Waals surface area contributed by atoms with Gasteiger partial charge in [0.25, 0.3) is 0 Å². The van der Waals surface area contributed by atoms with Gasteiger partial charge >= 0.3 is 0 Å². The molecule has 4 heteroatoms. The molecule has 2 aromatic carbocycles. The van der Waals surface area contributed by atoms with Crippen LogP contribution in [0.15, 0.2) is 71.7 Å². The Hall–Kier alpha value is -2.65. The number of phenols is 1. The number of nitrogens with zero attached hydrogens (tertiary/aromatic N) is 2. The first-order chi connectivity index (χ1) is 10.7. The standard InChI is InChI=1S/C18H13ClN2O/c19-14-6-4-13(5-7-14)18-3-1-2-16(21-18)12-20-15-8-10-17(22)11-9-15/h1-12,22H. The molecule has 1 heterocycles.